The number of aryl methyl sites for hydroxylation is 1. The van der Waals surface area contributed by atoms with Crippen LogP contribution in [0.5, 0.6) is 5.88 Å². The van der Waals surface area contributed by atoms with Crippen LogP contribution in [0.15, 0.2) is 6.07 Å². The van der Waals surface area contributed by atoms with E-state index in [9.17, 15) is 0 Å². The molecule has 4 nitrogen and oxygen atoms in total. The van der Waals surface area contributed by atoms with Crippen LogP contribution >= 0.6 is 11.6 Å². The summed E-state index contributed by atoms with van der Waals surface area (Å²) in [7, 11) is 0. The third kappa shape index (κ3) is 3.72. The molecule has 106 valence electrons. The highest BCUT2D eigenvalue weighted by atomic mass is 35.5. The number of alkyl halides is 1. The molecule has 1 aromatic rings. The molecule has 0 aliphatic heterocycles. The highest BCUT2D eigenvalue weighted by Crippen LogP contribution is 2.29. The Balaban J connectivity index is 2.18. The zero-order valence-corrected chi connectivity index (χ0v) is 12.5. The van der Waals surface area contributed by atoms with Crippen LogP contribution in [0.1, 0.15) is 38.3 Å². The minimum atomic E-state index is 0.569. The number of anilines is 1. The van der Waals surface area contributed by atoms with Gasteiger partial charge in [0.25, 0.3) is 0 Å². The summed E-state index contributed by atoms with van der Waals surface area (Å²) in [5.41, 5.74) is 0.948. The van der Waals surface area contributed by atoms with Gasteiger partial charge in [0.1, 0.15) is 0 Å². The van der Waals surface area contributed by atoms with Gasteiger partial charge in [0.2, 0.25) is 11.8 Å². The topological polar surface area (TPSA) is 38.2 Å². The van der Waals surface area contributed by atoms with Crippen LogP contribution < -0.4 is 9.64 Å². The van der Waals surface area contributed by atoms with Crippen molar-refractivity contribution in [1.82, 2.24) is 9.97 Å². The SMILES string of the molecule is CCOc1cc(C)nc(N(CCCCl)C2CCC2)n1. The molecule has 1 saturated carbocycles. The van der Waals surface area contributed by atoms with Gasteiger partial charge in [-0.05, 0) is 39.5 Å². The second-order valence-corrected chi connectivity index (χ2v) is 5.28. The molecule has 0 atom stereocenters. The van der Waals surface area contributed by atoms with Gasteiger partial charge in [0.15, 0.2) is 0 Å². The first-order valence-corrected chi connectivity index (χ1v) is 7.59. The van der Waals surface area contributed by atoms with Crippen LogP contribution in [0.3, 0.4) is 0 Å². The first kappa shape index (κ1) is 14.4. The van der Waals surface area contributed by atoms with Crippen molar-refractivity contribution < 1.29 is 4.74 Å². The number of nitrogens with zero attached hydrogens (tertiary/aromatic N) is 3. The van der Waals surface area contributed by atoms with E-state index in [1.54, 1.807) is 0 Å². The lowest BCUT2D eigenvalue weighted by Gasteiger charge is -2.37. The van der Waals surface area contributed by atoms with Crippen LogP contribution in [0.4, 0.5) is 5.95 Å². The zero-order valence-electron chi connectivity index (χ0n) is 11.7. The average Bonchev–Trinajstić information content (AvgIpc) is 2.31. The highest BCUT2D eigenvalue weighted by molar-refractivity contribution is 6.17. The quantitative estimate of drug-likeness (QED) is 0.721. The van der Waals surface area contributed by atoms with E-state index < -0.39 is 0 Å². The van der Waals surface area contributed by atoms with Crippen molar-refractivity contribution in [3.63, 3.8) is 0 Å². The maximum atomic E-state index is 5.82. The molecule has 1 heterocycles. The number of aromatic nitrogens is 2. The average molecular weight is 284 g/mol. The third-order valence-electron chi connectivity index (χ3n) is 3.42. The lowest BCUT2D eigenvalue weighted by molar-refractivity contribution is 0.323. The zero-order chi connectivity index (χ0) is 13.7. The number of ether oxygens (including phenoxy) is 1. The summed E-state index contributed by atoms with van der Waals surface area (Å²) >= 11 is 5.82. The summed E-state index contributed by atoms with van der Waals surface area (Å²) in [6.45, 7) is 5.49. The molecule has 2 rings (SSSR count). The molecule has 19 heavy (non-hydrogen) atoms. The Morgan fingerprint density at radius 1 is 1.42 bits per heavy atom. The molecule has 0 bridgehead atoms. The van der Waals surface area contributed by atoms with E-state index in [-0.39, 0.29) is 0 Å². The van der Waals surface area contributed by atoms with E-state index in [2.05, 4.69) is 14.9 Å². The minimum absolute atomic E-state index is 0.569. The lowest BCUT2D eigenvalue weighted by Crippen LogP contribution is -2.42. The molecule has 1 aliphatic rings. The summed E-state index contributed by atoms with van der Waals surface area (Å²) in [6.07, 6.45) is 4.71. The third-order valence-corrected chi connectivity index (χ3v) is 3.68. The van der Waals surface area contributed by atoms with Crippen LogP contribution in [0, 0.1) is 6.92 Å². The van der Waals surface area contributed by atoms with Crippen LogP contribution in [0.25, 0.3) is 0 Å². The normalized spacial score (nSPS) is 15.1. The molecular weight excluding hydrogens is 262 g/mol. The fourth-order valence-corrected chi connectivity index (χ4v) is 2.37. The van der Waals surface area contributed by atoms with Gasteiger partial charge in [-0.15, -0.1) is 11.6 Å². The van der Waals surface area contributed by atoms with Gasteiger partial charge in [0, 0.05) is 30.2 Å². The van der Waals surface area contributed by atoms with Crippen molar-refractivity contribution in [3.05, 3.63) is 11.8 Å². The Bertz CT molecular complexity index is 410. The van der Waals surface area contributed by atoms with Crippen molar-refractivity contribution in [2.75, 3.05) is 23.9 Å². The maximum absolute atomic E-state index is 5.82. The summed E-state index contributed by atoms with van der Waals surface area (Å²) in [6, 6.07) is 2.45. The molecule has 0 unspecified atom stereocenters. The summed E-state index contributed by atoms with van der Waals surface area (Å²) in [5.74, 6) is 2.13. The fraction of sp³-hybridized carbons (Fsp3) is 0.714. The Morgan fingerprint density at radius 2 is 2.21 bits per heavy atom. The molecule has 0 N–H and O–H groups in total. The monoisotopic (exact) mass is 283 g/mol. The molecular formula is C14H22ClN3O. The van der Waals surface area contributed by atoms with Gasteiger partial charge in [-0.25, -0.2) is 4.98 Å². The Morgan fingerprint density at radius 3 is 2.79 bits per heavy atom. The molecule has 1 fully saturated rings. The van der Waals surface area contributed by atoms with Crippen LogP contribution in [0.2, 0.25) is 0 Å². The molecule has 5 heteroatoms. The van der Waals surface area contributed by atoms with Crippen LogP contribution in [-0.2, 0) is 0 Å². The van der Waals surface area contributed by atoms with Gasteiger partial charge in [0.05, 0.1) is 6.61 Å². The van der Waals surface area contributed by atoms with E-state index in [0.717, 1.165) is 24.6 Å². The standard InChI is InChI=1S/C14H22ClN3O/c1-3-19-13-10-11(2)16-14(17-13)18(9-5-8-15)12-6-4-7-12/h10,12H,3-9H2,1-2H3. The largest absolute Gasteiger partial charge is 0.478 e. The first-order valence-electron chi connectivity index (χ1n) is 7.05. The fourth-order valence-electron chi connectivity index (χ4n) is 2.25. The summed E-state index contributed by atoms with van der Waals surface area (Å²) in [4.78, 5) is 11.4. The molecule has 0 amide bonds. The maximum Gasteiger partial charge on any atom is 0.229 e. The lowest BCUT2D eigenvalue weighted by atomic mass is 9.91. The number of hydrogen-bond donors (Lipinski definition) is 0. The molecule has 0 radical (unpaired) electrons. The van der Waals surface area contributed by atoms with Gasteiger partial charge in [-0.1, -0.05) is 0 Å². The van der Waals surface area contributed by atoms with Gasteiger partial charge < -0.3 is 9.64 Å². The van der Waals surface area contributed by atoms with E-state index in [4.69, 9.17) is 16.3 Å². The number of hydrogen-bond acceptors (Lipinski definition) is 4. The van der Waals surface area contributed by atoms with Crippen molar-refractivity contribution in [2.24, 2.45) is 0 Å². The molecule has 1 aliphatic carbocycles. The van der Waals surface area contributed by atoms with Crippen molar-refractivity contribution in [1.29, 1.82) is 0 Å². The molecule has 0 aromatic carbocycles. The van der Waals surface area contributed by atoms with Gasteiger partial charge in [-0.3, -0.25) is 0 Å². The predicted molar refractivity (Wildman–Crippen MR) is 78.3 cm³/mol. The smallest absolute Gasteiger partial charge is 0.229 e. The Labute approximate surface area is 120 Å². The second kappa shape index (κ2) is 6.94. The minimum Gasteiger partial charge on any atom is -0.478 e. The summed E-state index contributed by atoms with van der Waals surface area (Å²) in [5, 5.41) is 0. The summed E-state index contributed by atoms with van der Waals surface area (Å²) < 4.78 is 5.51. The van der Waals surface area contributed by atoms with Crippen molar-refractivity contribution >= 4 is 17.5 Å². The Kier molecular flexibility index (Phi) is 5.25. The van der Waals surface area contributed by atoms with Crippen LogP contribution in [-0.4, -0.2) is 35.0 Å². The van der Waals surface area contributed by atoms with E-state index in [1.807, 2.05) is 19.9 Å². The Hall–Kier alpha value is -1.03. The predicted octanol–water partition coefficient (Wildman–Crippen LogP) is 3.17. The van der Waals surface area contributed by atoms with Crippen molar-refractivity contribution in [3.8, 4) is 5.88 Å². The first-order chi connectivity index (χ1) is 9.24. The highest BCUT2D eigenvalue weighted by Gasteiger charge is 2.27. The van der Waals surface area contributed by atoms with E-state index in [1.165, 1.54) is 19.3 Å². The van der Waals surface area contributed by atoms with E-state index >= 15 is 0 Å². The number of halogens is 1. The molecule has 0 saturated heterocycles. The van der Waals surface area contributed by atoms with Gasteiger partial charge >= 0.3 is 0 Å². The second-order valence-electron chi connectivity index (χ2n) is 4.90. The molecule has 1 aromatic heterocycles. The van der Waals surface area contributed by atoms with Crippen molar-refractivity contribution in [2.45, 2.75) is 45.6 Å². The van der Waals surface area contributed by atoms with Gasteiger partial charge in [-0.2, -0.15) is 4.98 Å². The van der Waals surface area contributed by atoms with E-state index in [0.29, 0.717) is 24.4 Å². The molecule has 0 spiro atoms. The number of rotatable bonds is 7.